The molecule has 3 heterocycles. The summed E-state index contributed by atoms with van der Waals surface area (Å²) in [5.41, 5.74) is 8.02. The molecule has 0 amide bonds. The highest BCUT2D eigenvalue weighted by molar-refractivity contribution is 5.60. The van der Waals surface area contributed by atoms with E-state index in [1.807, 2.05) is 18.3 Å². The van der Waals surface area contributed by atoms with Crippen molar-refractivity contribution in [2.75, 3.05) is 5.73 Å². The second-order valence-electron chi connectivity index (χ2n) is 9.54. The van der Waals surface area contributed by atoms with Crippen LogP contribution in [0.3, 0.4) is 0 Å². The molecule has 3 N–H and O–H groups in total. The third-order valence-corrected chi connectivity index (χ3v) is 6.17. The van der Waals surface area contributed by atoms with Gasteiger partial charge in [-0.1, -0.05) is 29.4 Å². The van der Waals surface area contributed by atoms with Crippen LogP contribution in [-0.2, 0) is 12.0 Å². The SMILES string of the molecule is CC(C)(O)Cn1cc(-c2nc(C(C)(c3ccc(-c4cnc(N)cn4)cc3)C3CC3)no2)cn1. The normalized spacial score (nSPS) is 16.0. The summed E-state index contributed by atoms with van der Waals surface area (Å²) in [4.78, 5) is 13.2. The van der Waals surface area contributed by atoms with Crippen LogP contribution in [0.2, 0.25) is 0 Å². The fraction of sp³-hybridized carbons (Fsp3) is 0.375. The Labute approximate surface area is 191 Å². The maximum atomic E-state index is 10.0. The van der Waals surface area contributed by atoms with Gasteiger partial charge in [0.2, 0.25) is 0 Å². The van der Waals surface area contributed by atoms with Gasteiger partial charge in [0.05, 0.1) is 47.4 Å². The zero-order chi connectivity index (χ0) is 23.2. The van der Waals surface area contributed by atoms with Crippen LogP contribution in [0, 0.1) is 5.92 Å². The second-order valence-corrected chi connectivity index (χ2v) is 9.54. The zero-order valence-electron chi connectivity index (χ0n) is 18.9. The summed E-state index contributed by atoms with van der Waals surface area (Å²) < 4.78 is 7.32. The van der Waals surface area contributed by atoms with E-state index in [0.29, 0.717) is 30.0 Å². The van der Waals surface area contributed by atoms with Crippen LogP contribution in [0.25, 0.3) is 22.7 Å². The topological polar surface area (TPSA) is 129 Å². The van der Waals surface area contributed by atoms with Crippen LogP contribution < -0.4 is 5.73 Å². The lowest BCUT2D eigenvalue weighted by Gasteiger charge is -2.26. The van der Waals surface area contributed by atoms with Gasteiger partial charge in [0, 0.05) is 11.8 Å². The Bertz CT molecular complexity index is 1250. The molecule has 4 aromatic rings. The van der Waals surface area contributed by atoms with Crippen molar-refractivity contribution in [1.29, 1.82) is 0 Å². The number of nitrogens with two attached hydrogens (primary N) is 1. The van der Waals surface area contributed by atoms with Crippen molar-refractivity contribution in [2.45, 2.75) is 51.2 Å². The number of rotatable bonds is 7. The highest BCUT2D eigenvalue weighted by Crippen LogP contribution is 2.50. The molecular weight excluding hydrogens is 418 g/mol. The van der Waals surface area contributed by atoms with Gasteiger partial charge in [0.15, 0.2) is 5.82 Å². The van der Waals surface area contributed by atoms with Crippen molar-refractivity contribution in [2.24, 2.45) is 5.92 Å². The summed E-state index contributed by atoms with van der Waals surface area (Å²) in [6.07, 6.45) is 8.96. The van der Waals surface area contributed by atoms with Crippen LogP contribution >= 0.6 is 0 Å². The van der Waals surface area contributed by atoms with Gasteiger partial charge in [0.1, 0.15) is 5.82 Å². The van der Waals surface area contributed by atoms with E-state index in [-0.39, 0.29) is 5.41 Å². The Morgan fingerprint density at radius 3 is 2.45 bits per heavy atom. The van der Waals surface area contributed by atoms with Crippen molar-refractivity contribution in [1.82, 2.24) is 29.9 Å². The van der Waals surface area contributed by atoms with Gasteiger partial charge in [0.25, 0.3) is 5.89 Å². The summed E-state index contributed by atoms with van der Waals surface area (Å²) in [7, 11) is 0. The Morgan fingerprint density at radius 2 is 1.82 bits per heavy atom. The maximum absolute atomic E-state index is 10.0. The van der Waals surface area contributed by atoms with Gasteiger partial charge in [-0.05, 0) is 45.1 Å². The Balaban J connectivity index is 1.43. The highest BCUT2D eigenvalue weighted by Gasteiger charge is 2.47. The third-order valence-electron chi connectivity index (χ3n) is 6.17. The molecule has 3 aromatic heterocycles. The predicted octanol–water partition coefficient (Wildman–Crippen LogP) is 3.46. The number of anilines is 1. The zero-order valence-corrected chi connectivity index (χ0v) is 18.9. The third kappa shape index (κ3) is 4.23. The highest BCUT2D eigenvalue weighted by atomic mass is 16.5. The average molecular weight is 446 g/mol. The summed E-state index contributed by atoms with van der Waals surface area (Å²) in [6, 6.07) is 8.28. The monoisotopic (exact) mass is 445 g/mol. The summed E-state index contributed by atoms with van der Waals surface area (Å²) >= 11 is 0. The molecule has 9 heteroatoms. The van der Waals surface area contributed by atoms with Crippen molar-refractivity contribution < 1.29 is 9.63 Å². The van der Waals surface area contributed by atoms with Crippen LogP contribution in [0.5, 0.6) is 0 Å². The van der Waals surface area contributed by atoms with E-state index in [0.717, 1.165) is 35.2 Å². The molecule has 1 aromatic carbocycles. The fourth-order valence-corrected chi connectivity index (χ4v) is 4.19. The van der Waals surface area contributed by atoms with Gasteiger partial charge >= 0.3 is 0 Å². The van der Waals surface area contributed by atoms with E-state index in [9.17, 15) is 5.11 Å². The molecule has 1 atom stereocenters. The van der Waals surface area contributed by atoms with E-state index in [4.69, 9.17) is 15.2 Å². The summed E-state index contributed by atoms with van der Waals surface area (Å²) in [5, 5.41) is 18.7. The lowest BCUT2D eigenvalue weighted by Crippen LogP contribution is -2.28. The first kappa shape index (κ1) is 21.3. The largest absolute Gasteiger partial charge is 0.389 e. The maximum Gasteiger partial charge on any atom is 0.261 e. The fourth-order valence-electron chi connectivity index (χ4n) is 4.19. The minimum Gasteiger partial charge on any atom is -0.389 e. The second kappa shape index (κ2) is 7.77. The molecule has 1 aliphatic rings. The lowest BCUT2D eigenvalue weighted by atomic mass is 9.77. The molecular formula is C24H27N7O2. The smallest absolute Gasteiger partial charge is 0.261 e. The first-order chi connectivity index (χ1) is 15.7. The standard InChI is InChI=1S/C24H27N7O2/c1-23(2,32)14-31-13-16(10-28-31)21-29-22(30-33-21)24(3,18-8-9-18)17-6-4-15(5-7-17)19-11-27-20(25)12-26-19/h4-7,10-13,18,32H,8-9,14H2,1-3H3,(H2,25,27). The molecule has 1 saturated carbocycles. The number of nitrogen functional groups attached to an aromatic ring is 1. The van der Waals surface area contributed by atoms with Gasteiger partial charge in [-0.15, -0.1) is 0 Å². The van der Waals surface area contributed by atoms with E-state index >= 15 is 0 Å². The minimum absolute atomic E-state index is 0.365. The average Bonchev–Trinajstić information content (AvgIpc) is 3.35. The van der Waals surface area contributed by atoms with Crippen molar-refractivity contribution in [3.05, 3.63) is 60.4 Å². The van der Waals surface area contributed by atoms with Crippen molar-refractivity contribution in [3.63, 3.8) is 0 Å². The Morgan fingerprint density at radius 1 is 1.06 bits per heavy atom. The van der Waals surface area contributed by atoms with Crippen LogP contribution in [0.1, 0.15) is 45.0 Å². The lowest BCUT2D eigenvalue weighted by molar-refractivity contribution is 0.0577. The Kier molecular flexibility index (Phi) is 5.01. The number of hydrogen-bond donors (Lipinski definition) is 2. The van der Waals surface area contributed by atoms with Gasteiger partial charge in [-0.2, -0.15) is 10.1 Å². The van der Waals surface area contributed by atoms with Crippen molar-refractivity contribution >= 4 is 5.82 Å². The quantitative estimate of drug-likeness (QED) is 0.442. The molecule has 9 nitrogen and oxygen atoms in total. The number of aliphatic hydroxyl groups is 1. The summed E-state index contributed by atoms with van der Waals surface area (Å²) in [5.74, 6) is 1.93. The molecule has 5 rings (SSSR count). The van der Waals surface area contributed by atoms with E-state index < -0.39 is 5.60 Å². The number of nitrogens with zero attached hydrogens (tertiary/aromatic N) is 6. The van der Waals surface area contributed by atoms with Crippen LogP contribution in [0.15, 0.2) is 53.6 Å². The molecule has 1 unspecified atom stereocenters. The van der Waals surface area contributed by atoms with Gasteiger partial charge < -0.3 is 15.4 Å². The molecule has 0 radical (unpaired) electrons. The number of aromatic nitrogens is 6. The Hall–Kier alpha value is -3.59. The molecule has 0 spiro atoms. The number of benzene rings is 1. The minimum atomic E-state index is -0.863. The van der Waals surface area contributed by atoms with Crippen LogP contribution in [-0.4, -0.2) is 40.6 Å². The summed E-state index contributed by atoms with van der Waals surface area (Å²) in [6.45, 7) is 6.03. The van der Waals surface area contributed by atoms with Gasteiger partial charge in [-0.25, -0.2) is 4.98 Å². The first-order valence-corrected chi connectivity index (χ1v) is 11.0. The van der Waals surface area contributed by atoms with Crippen molar-refractivity contribution in [3.8, 4) is 22.7 Å². The molecule has 170 valence electrons. The van der Waals surface area contributed by atoms with Gasteiger partial charge in [-0.3, -0.25) is 9.67 Å². The number of hydrogen-bond acceptors (Lipinski definition) is 8. The molecule has 1 aliphatic carbocycles. The van der Waals surface area contributed by atoms with E-state index in [1.165, 1.54) is 0 Å². The molecule has 0 saturated heterocycles. The van der Waals surface area contributed by atoms with E-state index in [2.05, 4.69) is 39.3 Å². The van der Waals surface area contributed by atoms with E-state index in [1.54, 1.807) is 37.1 Å². The molecule has 0 bridgehead atoms. The molecule has 1 fully saturated rings. The predicted molar refractivity (Wildman–Crippen MR) is 123 cm³/mol. The molecule has 33 heavy (non-hydrogen) atoms. The van der Waals surface area contributed by atoms with Crippen LogP contribution in [0.4, 0.5) is 5.82 Å². The first-order valence-electron chi connectivity index (χ1n) is 11.0. The molecule has 0 aliphatic heterocycles.